The van der Waals surface area contributed by atoms with Gasteiger partial charge in [-0.05, 0) is 43.2 Å². The highest BCUT2D eigenvalue weighted by Gasteiger charge is 2.11. The number of thiophene rings is 1. The van der Waals surface area contributed by atoms with Crippen LogP contribution in [0.3, 0.4) is 0 Å². The zero-order valence-corrected chi connectivity index (χ0v) is 13.0. The van der Waals surface area contributed by atoms with Gasteiger partial charge in [-0.3, -0.25) is 0 Å². The smallest absolute Gasteiger partial charge is 0.200 e. The summed E-state index contributed by atoms with van der Waals surface area (Å²) < 4.78 is 24.0. The Morgan fingerprint density at radius 3 is 2.45 bits per heavy atom. The Morgan fingerprint density at radius 2 is 1.90 bits per heavy atom. The topological polar surface area (TPSA) is 58.5 Å². The number of benzene rings is 1. The molecule has 1 aromatic heterocycles. The van der Waals surface area contributed by atoms with Crippen molar-refractivity contribution in [1.29, 1.82) is 0 Å². The maximum atomic E-state index is 12.0. The summed E-state index contributed by atoms with van der Waals surface area (Å²) in [7, 11) is -3.59. The molecule has 0 radical (unpaired) electrons. The molecule has 0 aliphatic carbocycles. The minimum absolute atomic E-state index is 0.217. The standard InChI is InChI=1S/C14H16N2O2S2/c1-3-12-5-8-14(9-6-12)20(17,18)16-15-10-13-7-4-11(2)19-13/h4-10,16H,3H2,1-2H3. The van der Waals surface area contributed by atoms with Gasteiger partial charge >= 0.3 is 0 Å². The highest BCUT2D eigenvalue weighted by atomic mass is 32.2. The van der Waals surface area contributed by atoms with Crippen LogP contribution >= 0.6 is 11.3 Å². The molecule has 1 N–H and O–H groups in total. The number of nitrogens with one attached hydrogen (secondary N) is 1. The summed E-state index contributed by atoms with van der Waals surface area (Å²) in [6.45, 7) is 4.01. The Bertz CT molecular complexity index is 701. The molecule has 0 spiro atoms. The van der Waals surface area contributed by atoms with Crippen LogP contribution in [0.4, 0.5) is 0 Å². The van der Waals surface area contributed by atoms with E-state index in [2.05, 4.69) is 9.93 Å². The lowest BCUT2D eigenvalue weighted by atomic mass is 10.2. The van der Waals surface area contributed by atoms with E-state index in [1.807, 2.05) is 26.0 Å². The summed E-state index contributed by atoms with van der Waals surface area (Å²) in [4.78, 5) is 4.50. The fourth-order valence-corrected chi connectivity index (χ4v) is 3.18. The Kier molecular flexibility index (Phi) is 4.57. The lowest BCUT2D eigenvalue weighted by Crippen LogP contribution is -2.18. The maximum absolute atomic E-state index is 12.0. The van der Waals surface area contributed by atoms with Crippen molar-refractivity contribution in [1.82, 2.24) is 4.83 Å². The van der Waals surface area contributed by atoms with Gasteiger partial charge in [-0.25, -0.2) is 4.83 Å². The van der Waals surface area contributed by atoms with Crippen molar-refractivity contribution in [2.75, 3.05) is 0 Å². The van der Waals surface area contributed by atoms with E-state index in [0.29, 0.717) is 0 Å². The van der Waals surface area contributed by atoms with Crippen molar-refractivity contribution in [3.05, 3.63) is 51.7 Å². The molecule has 1 aromatic carbocycles. The molecule has 0 fully saturated rings. The number of hydrazone groups is 1. The third-order valence-electron chi connectivity index (χ3n) is 2.77. The summed E-state index contributed by atoms with van der Waals surface area (Å²) in [5.41, 5.74) is 1.10. The fraction of sp³-hybridized carbons (Fsp3) is 0.214. The van der Waals surface area contributed by atoms with Crippen LogP contribution < -0.4 is 4.83 Å². The summed E-state index contributed by atoms with van der Waals surface area (Å²) in [6, 6.07) is 10.7. The van der Waals surface area contributed by atoms with Crippen LogP contribution in [0.2, 0.25) is 0 Å². The van der Waals surface area contributed by atoms with E-state index in [-0.39, 0.29) is 4.90 Å². The average molecular weight is 308 g/mol. The SMILES string of the molecule is CCc1ccc(S(=O)(=O)NN=Cc2ccc(C)s2)cc1. The summed E-state index contributed by atoms with van der Waals surface area (Å²) in [5.74, 6) is 0. The monoisotopic (exact) mass is 308 g/mol. The number of aryl methyl sites for hydroxylation is 2. The fourth-order valence-electron chi connectivity index (χ4n) is 1.64. The molecule has 0 aliphatic rings. The third-order valence-corrected chi connectivity index (χ3v) is 4.94. The lowest BCUT2D eigenvalue weighted by Gasteiger charge is -2.03. The predicted molar refractivity (Wildman–Crippen MR) is 82.8 cm³/mol. The van der Waals surface area contributed by atoms with Crippen LogP contribution in [0.1, 0.15) is 22.2 Å². The van der Waals surface area contributed by atoms with Gasteiger partial charge in [-0.2, -0.15) is 13.5 Å². The second-order valence-electron chi connectivity index (χ2n) is 4.30. The van der Waals surface area contributed by atoms with Gasteiger partial charge in [0.05, 0.1) is 11.1 Å². The number of hydrogen-bond acceptors (Lipinski definition) is 4. The average Bonchev–Trinajstić information content (AvgIpc) is 2.84. The minimum atomic E-state index is -3.59. The number of rotatable bonds is 5. The lowest BCUT2D eigenvalue weighted by molar-refractivity contribution is 0.584. The molecule has 0 saturated heterocycles. The molecule has 0 unspecified atom stereocenters. The molecule has 0 aliphatic heterocycles. The van der Waals surface area contributed by atoms with Gasteiger partial charge in [0.25, 0.3) is 10.0 Å². The maximum Gasteiger partial charge on any atom is 0.276 e. The normalized spacial score (nSPS) is 11.9. The van der Waals surface area contributed by atoms with E-state index in [9.17, 15) is 8.42 Å². The molecule has 6 heteroatoms. The first kappa shape index (κ1) is 14.7. The summed E-state index contributed by atoms with van der Waals surface area (Å²) >= 11 is 1.55. The Labute approximate surface area is 123 Å². The van der Waals surface area contributed by atoms with Crippen molar-refractivity contribution in [2.24, 2.45) is 5.10 Å². The largest absolute Gasteiger partial charge is 0.276 e. The van der Waals surface area contributed by atoms with Crippen LogP contribution in [0.5, 0.6) is 0 Å². The van der Waals surface area contributed by atoms with Crippen LogP contribution in [0, 0.1) is 6.92 Å². The van der Waals surface area contributed by atoms with Crippen LogP contribution in [-0.4, -0.2) is 14.6 Å². The van der Waals surface area contributed by atoms with Crippen LogP contribution in [0.15, 0.2) is 46.4 Å². The van der Waals surface area contributed by atoms with Crippen LogP contribution in [-0.2, 0) is 16.4 Å². The first-order valence-electron chi connectivity index (χ1n) is 6.21. The molecule has 0 amide bonds. The zero-order valence-electron chi connectivity index (χ0n) is 11.3. The number of hydrogen-bond donors (Lipinski definition) is 1. The van der Waals surface area contributed by atoms with Crippen molar-refractivity contribution in [3.8, 4) is 0 Å². The molecule has 106 valence electrons. The predicted octanol–water partition coefficient (Wildman–Crippen LogP) is 2.93. The van der Waals surface area contributed by atoms with Gasteiger partial charge in [0.15, 0.2) is 0 Å². The number of nitrogens with zero attached hydrogens (tertiary/aromatic N) is 1. The highest BCUT2D eigenvalue weighted by Crippen LogP contribution is 2.13. The molecule has 4 nitrogen and oxygen atoms in total. The highest BCUT2D eigenvalue weighted by molar-refractivity contribution is 7.89. The molecule has 2 aromatic rings. The van der Waals surface area contributed by atoms with Gasteiger partial charge in [-0.15, -0.1) is 11.3 Å². The Morgan fingerprint density at radius 1 is 1.20 bits per heavy atom. The second-order valence-corrected chi connectivity index (χ2v) is 7.28. The van der Waals surface area contributed by atoms with Crippen molar-refractivity contribution in [2.45, 2.75) is 25.2 Å². The molecular weight excluding hydrogens is 292 g/mol. The van der Waals surface area contributed by atoms with Gasteiger partial charge in [0.1, 0.15) is 0 Å². The molecule has 1 heterocycles. The molecule has 0 bridgehead atoms. The second kappa shape index (κ2) is 6.19. The van der Waals surface area contributed by atoms with E-state index >= 15 is 0 Å². The molecule has 20 heavy (non-hydrogen) atoms. The van der Waals surface area contributed by atoms with Crippen molar-refractivity contribution < 1.29 is 8.42 Å². The molecule has 0 saturated carbocycles. The molecule has 0 atom stereocenters. The first-order chi connectivity index (χ1) is 9.51. The van der Waals surface area contributed by atoms with Gasteiger partial charge in [0.2, 0.25) is 0 Å². The van der Waals surface area contributed by atoms with E-state index in [0.717, 1.165) is 21.7 Å². The Balaban J connectivity index is 2.08. The third kappa shape index (κ3) is 3.68. The van der Waals surface area contributed by atoms with E-state index < -0.39 is 10.0 Å². The zero-order chi connectivity index (χ0) is 14.6. The quantitative estimate of drug-likeness (QED) is 0.682. The number of sulfonamides is 1. The van der Waals surface area contributed by atoms with E-state index in [1.165, 1.54) is 6.21 Å². The van der Waals surface area contributed by atoms with Gasteiger partial charge < -0.3 is 0 Å². The first-order valence-corrected chi connectivity index (χ1v) is 8.51. The van der Waals surface area contributed by atoms with Gasteiger partial charge in [0, 0.05) is 9.75 Å². The molecule has 2 rings (SSSR count). The summed E-state index contributed by atoms with van der Waals surface area (Å²) in [5, 5.41) is 3.79. The van der Waals surface area contributed by atoms with E-state index in [1.54, 1.807) is 35.6 Å². The van der Waals surface area contributed by atoms with Crippen molar-refractivity contribution in [3.63, 3.8) is 0 Å². The minimum Gasteiger partial charge on any atom is -0.200 e. The van der Waals surface area contributed by atoms with E-state index in [4.69, 9.17) is 0 Å². The summed E-state index contributed by atoms with van der Waals surface area (Å²) in [6.07, 6.45) is 2.39. The van der Waals surface area contributed by atoms with Gasteiger partial charge in [-0.1, -0.05) is 19.1 Å². The Hall–Kier alpha value is -1.66. The van der Waals surface area contributed by atoms with Crippen LogP contribution in [0.25, 0.3) is 0 Å². The molecular formula is C14H16N2O2S2. The van der Waals surface area contributed by atoms with Crippen molar-refractivity contribution >= 4 is 27.6 Å².